The quantitative estimate of drug-likeness (QED) is 0.274. The Kier molecular flexibility index (Phi) is 9.52. The molecular weight excluding hydrogens is 204 g/mol. The Bertz CT molecular complexity index is 296. The largest absolute Gasteiger partial charge is 0.0991 e. The van der Waals surface area contributed by atoms with E-state index in [1.807, 2.05) is 6.08 Å². The van der Waals surface area contributed by atoms with Crippen LogP contribution >= 0.6 is 0 Å². The van der Waals surface area contributed by atoms with Crippen molar-refractivity contribution in [2.24, 2.45) is 0 Å². The zero-order chi connectivity index (χ0) is 13.1. The molecule has 0 radical (unpaired) electrons. The lowest BCUT2D eigenvalue weighted by Crippen LogP contribution is -1.93. The molecule has 0 heteroatoms. The van der Waals surface area contributed by atoms with E-state index in [1.54, 1.807) is 0 Å². The van der Waals surface area contributed by atoms with E-state index in [-0.39, 0.29) is 0 Å². The van der Waals surface area contributed by atoms with Gasteiger partial charge in [-0.1, -0.05) is 56.2 Å². The molecule has 0 unspecified atom stereocenters. The van der Waals surface area contributed by atoms with E-state index in [9.17, 15) is 0 Å². The first kappa shape index (κ1) is 16.0. The highest BCUT2D eigenvalue weighted by molar-refractivity contribution is 5.37. The average molecular weight is 232 g/mol. The summed E-state index contributed by atoms with van der Waals surface area (Å²) in [7, 11) is 0. The normalized spacial score (nSPS) is 11.9. The summed E-state index contributed by atoms with van der Waals surface area (Å²) in [5, 5.41) is 0. The molecule has 0 nitrogen and oxygen atoms in total. The molecule has 0 aliphatic heterocycles. The summed E-state index contributed by atoms with van der Waals surface area (Å²) in [6.07, 6.45) is 14.5. The van der Waals surface area contributed by atoms with Crippen LogP contribution in [0.1, 0.15) is 59.8 Å². The minimum Gasteiger partial charge on any atom is -0.0991 e. The van der Waals surface area contributed by atoms with Crippen LogP contribution in [0.3, 0.4) is 0 Å². The zero-order valence-corrected chi connectivity index (χ0v) is 12.1. The highest BCUT2D eigenvalue weighted by Gasteiger charge is 2.05. The molecule has 0 atom stereocenters. The smallest absolute Gasteiger partial charge is 0.00948 e. The standard InChI is InChI=1S/C17H28/c1-6-9-11-14-17(15(4)5)16(12-8-3)13-10-7-2/h7-8,10,12H,3,6,9,11,13-14H2,1-2,4-5H3/b10-7+,16-12+. The van der Waals surface area contributed by atoms with Crippen LogP contribution in [0.5, 0.6) is 0 Å². The number of hydrogen-bond donors (Lipinski definition) is 0. The highest BCUT2D eigenvalue weighted by atomic mass is 14.1. The predicted molar refractivity (Wildman–Crippen MR) is 80.2 cm³/mol. The van der Waals surface area contributed by atoms with Gasteiger partial charge in [-0.2, -0.15) is 0 Å². The Hall–Kier alpha value is -1.04. The lowest BCUT2D eigenvalue weighted by molar-refractivity contribution is 0.711. The van der Waals surface area contributed by atoms with Gasteiger partial charge in [-0.25, -0.2) is 0 Å². The fraction of sp³-hybridized carbons (Fsp3) is 0.529. The molecule has 0 aromatic heterocycles. The fourth-order valence-electron chi connectivity index (χ4n) is 1.96. The first-order valence-corrected chi connectivity index (χ1v) is 6.76. The summed E-state index contributed by atoms with van der Waals surface area (Å²) in [4.78, 5) is 0. The van der Waals surface area contributed by atoms with Gasteiger partial charge in [0.05, 0.1) is 0 Å². The number of unbranched alkanes of at least 4 members (excludes halogenated alkanes) is 2. The first-order valence-electron chi connectivity index (χ1n) is 6.76. The van der Waals surface area contributed by atoms with Crippen LogP contribution < -0.4 is 0 Å². The summed E-state index contributed by atoms with van der Waals surface area (Å²) in [5.74, 6) is 0. The molecule has 0 N–H and O–H groups in total. The summed E-state index contributed by atoms with van der Waals surface area (Å²) in [5.41, 5.74) is 4.39. The molecule has 0 spiro atoms. The molecule has 0 fully saturated rings. The van der Waals surface area contributed by atoms with Gasteiger partial charge in [0.2, 0.25) is 0 Å². The van der Waals surface area contributed by atoms with E-state index in [2.05, 4.69) is 52.5 Å². The highest BCUT2D eigenvalue weighted by Crippen LogP contribution is 2.24. The van der Waals surface area contributed by atoms with Crippen LogP contribution in [0.2, 0.25) is 0 Å². The summed E-state index contributed by atoms with van der Waals surface area (Å²) < 4.78 is 0. The maximum Gasteiger partial charge on any atom is -0.00948 e. The second-order valence-corrected chi connectivity index (χ2v) is 4.64. The van der Waals surface area contributed by atoms with Gasteiger partial charge in [0.15, 0.2) is 0 Å². The van der Waals surface area contributed by atoms with Crippen LogP contribution in [0.25, 0.3) is 0 Å². The number of allylic oxidation sites excluding steroid dienone is 7. The third-order valence-corrected chi connectivity index (χ3v) is 2.91. The Morgan fingerprint density at radius 2 is 1.88 bits per heavy atom. The lowest BCUT2D eigenvalue weighted by Gasteiger charge is -2.13. The first-order chi connectivity index (χ1) is 8.17. The minimum absolute atomic E-state index is 1.02. The minimum atomic E-state index is 1.02. The van der Waals surface area contributed by atoms with E-state index >= 15 is 0 Å². The van der Waals surface area contributed by atoms with Crippen LogP contribution in [0, 0.1) is 0 Å². The van der Waals surface area contributed by atoms with Crippen molar-refractivity contribution in [3.63, 3.8) is 0 Å². The average Bonchev–Trinajstić information content (AvgIpc) is 2.30. The van der Waals surface area contributed by atoms with Crippen LogP contribution in [0.4, 0.5) is 0 Å². The van der Waals surface area contributed by atoms with Crippen LogP contribution in [-0.2, 0) is 0 Å². The van der Waals surface area contributed by atoms with Gasteiger partial charge < -0.3 is 0 Å². The molecule has 17 heavy (non-hydrogen) atoms. The second kappa shape index (κ2) is 10.1. The third-order valence-electron chi connectivity index (χ3n) is 2.91. The van der Waals surface area contributed by atoms with Crippen molar-refractivity contribution in [3.8, 4) is 0 Å². The fourth-order valence-corrected chi connectivity index (χ4v) is 1.96. The number of rotatable bonds is 8. The van der Waals surface area contributed by atoms with Gasteiger partial charge in [-0.15, -0.1) is 0 Å². The molecule has 0 saturated heterocycles. The molecule has 0 aliphatic carbocycles. The van der Waals surface area contributed by atoms with E-state index in [0.29, 0.717) is 0 Å². The van der Waals surface area contributed by atoms with Crippen molar-refractivity contribution in [2.45, 2.75) is 59.8 Å². The maximum absolute atomic E-state index is 3.82. The molecule has 0 rings (SSSR count). The Balaban J connectivity index is 4.80. The Labute approximate surface area is 108 Å². The van der Waals surface area contributed by atoms with Crippen LogP contribution in [0.15, 0.2) is 47.6 Å². The van der Waals surface area contributed by atoms with Gasteiger partial charge in [-0.3, -0.25) is 0 Å². The summed E-state index contributed by atoms with van der Waals surface area (Å²) in [6.45, 7) is 12.6. The van der Waals surface area contributed by atoms with E-state index < -0.39 is 0 Å². The van der Waals surface area contributed by atoms with Crippen LogP contribution in [-0.4, -0.2) is 0 Å². The molecule has 0 aromatic rings. The van der Waals surface area contributed by atoms with Crippen molar-refractivity contribution in [3.05, 3.63) is 47.6 Å². The van der Waals surface area contributed by atoms with E-state index in [4.69, 9.17) is 0 Å². The summed E-state index contributed by atoms with van der Waals surface area (Å²) in [6, 6.07) is 0. The molecule has 0 amide bonds. The van der Waals surface area contributed by atoms with Crippen molar-refractivity contribution in [2.75, 3.05) is 0 Å². The summed E-state index contributed by atoms with van der Waals surface area (Å²) >= 11 is 0. The topological polar surface area (TPSA) is 0 Å². The molecular formula is C17H28. The molecule has 0 aromatic carbocycles. The van der Waals surface area contributed by atoms with Gasteiger partial charge in [-0.05, 0) is 51.2 Å². The van der Waals surface area contributed by atoms with Gasteiger partial charge in [0.1, 0.15) is 0 Å². The SMILES string of the molecule is C=C/C=C(\C/C=C/C)C(CCCCC)=C(C)C. The second-order valence-electron chi connectivity index (χ2n) is 4.64. The molecule has 0 bridgehead atoms. The maximum atomic E-state index is 3.82. The molecule has 0 aliphatic rings. The molecule has 0 saturated carbocycles. The van der Waals surface area contributed by atoms with E-state index in [1.165, 1.54) is 42.4 Å². The Morgan fingerprint density at radius 1 is 1.18 bits per heavy atom. The van der Waals surface area contributed by atoms with Crippen molar-refractivity contribution in [1.82, 2.24) is 0 Å². The van der Waals surface area contributed by atoms with Crippen molar-refractivity contribution < 1.29 is 0 Å². The van der Waals surface area contributed by atoms with Gasteiger partial charge in [0, 0.05) is 0 Å². The zero-order valence-electron chi connectivity index (χ0n) is 12.1. The van der Waals surface area contributed by atoms with Gasteiger partial charge in [0.25, 0.3) is 0 Å². The van der Waals surface area contributed by atoms with Gasteiger partial charge >= 0.3 is 0 Å². The Morgan fingerprint density at radius 3 is 2.35 bits per heavy atom. The van der Waals surface area contributed by atoms with E-state index in [0.717, 1.165) is 6.42 Å². The van der Waals surface area contributed by atoms with Crippen molar-refractivity contribution in [1.29, 1.82) is 0 Å². The number of hydrogen-bond acceptors (Lipinski definition) is 0. The van der Waals surface area contributed by atoms with Crippen molar-refractivity contribution >= 4 is 0 Å². The third kappa shape index (κ3) is 6.99. The predicted octanol–water partition coefficient (Wildman–Crippen LogP) is 5.98. The molecule has 96 valence electrons. The lowest BCUT2D eigenvalue weighted by atomic mass is 9.93. The monoisotopic (exact) mass is 232 g/mol. The molecule has 0 heterocycles.